The van der Waals surface area contributed by atoms with Crippen molar-refractivity contribution in [2.75, 3.05) is 5.75 Å². The van der Waals surface area contributed by atoms with Gasteiger partial charge in [-0.2, -0.15) is 16.9 Å². The van der Waals surface area contributed by atoms with E-state index in [2.05, 4.69) is 41.0 Å². The van der Waals surface area contributed by atoms with Crippen LogP contribution >= 0.6 is 11.8 Å². The number of fused-ring (bicyclic) bond motifs is 1. The molecule has 2 rings (SSSR count). The number of rotatable bonds is 5. The normalized spacial score (nSPS) is 13.1. The molecule has 3 nitrogen and oxygen atoms in total. The van der Waals surface area contributed by atoms with E-state index in [0.717, 1.165) is 18.1 Å². The summed E-state index contributed by atoms with van der Waals surface area (Å²) >= 11 is 1.85. The number of hydrogen-bond acceptors (Lipinski definition) is 3. The van der Waals surface area contributed by atoms with Crippen molar-refractivity contribution in [2.24, 2.45) is 5.73 Å². The average molecular weight is 249 g/mol. The van der Waals surface area contributed by atoms with Crippen molar-refractivity contribution in [1.82, 2.24) is 9.78 Å². The van der Waals surface area contributed by atoms with E-state index in [4.69, 9.17) is 5.73 Å². The number of aryl methyl sites for hydroxylation is 1. The third-order valence-corrected chi connectivity index (χ3v) is 3.89. The molecule has 0 aliphatic carbocycles. The summed E-state index contributed by atoms with van der Waals surface area (Å²) < 4.78 is 2.07. The van der Waals surface area contributed by atoms with Crippen molar-refractivity contribution in [2.45, 2.75) is 32.2 Å². The smallest absolute Gasteiger partial charge is 0.0802 e. The molecular formula is C13H19N3S. The monoisotopic (exact) mass is 249 g/mol. The first-order chi connectivity index (χ1) is 8.22. The fraction of sp³-hybridized carbons (Fsp3) is 0.462. The van der Waals surface area contributed by atoms with Gasteiger partial charge in [-0.3, -0.25) is 4.68 Å². The fourth-order valence-corrected chi connectivity index (χ4v) is 2.78. The number of nitrogens with zero attached hydrogens (tertiary/aromatic N) is 2. The molecule has 1 atom stereocenters. The largest absolute Gasteiger partial charge is 0.327 e. The van der Waals surface area contributed by atoms with Gasteiger partial charge in [0.2, 0.25) is 0 Å². The minimum Gasteiger partial charge on any atom is -0.327 e. The fourth-order valence-electron chi connectivity index (χ4n) is 1.89. The maximum Gasteiger partial charge on any atom is 0.0802 e. The first-order valence-electron chi connectivity index (χ1n) is 6.00. The van der Waals surface area contributed by atoms with Gasteiger partial charge in [0.1, 0.15) is 0 Å². The van der Waals surface area contributed by atoms with Gasteiger partial charge in [0.05, 0.1) is 11.2 Å². The van der Waals surface area contributed by atoms with Crippen molar-refractivity contribution >= 4 is 22.7 Å². The average Bonchev–Trinajstić information content (AvgIpc) is 2.68. The van der Waals surface area contributed by atoms with Crippen LogP contribution in [0.25, 0.3) is 10.9 Å². The highest BCUT2D eigenvalue weighted by Crippen LogP contribution is 2.22. The number of benzene rings is 1. The second-order valence-electron chi connectivity index (χ2n) is 4.27. The van der Waals surface area contributed by atoms with Crippen LogP contribution in [0.5, 0.6) is 0 Å². The Morgan fingerprint density at radius 3 is 2.88 bits per heavy atom. The quantitative estimate of drug-likeness (QED) is 0.886. The summed E-state index contributed by atoms with van der Waals surface area (Å²) in [7, 11) is 0. The first-order valence-corrected chi connectivity index (χ1v) is 7.15. The van der Waals surface area contributed by atoms with Gasteiger partial charge in [0.25, 0.3) is 0 Å². The highest BCUT2D eigenvalue weighted by Gasteiger charge is 2.08. The lowest BCUT2D eigenvalue weighted by atomic mass is 10.2. The lowest BCUT2D eigenvalue weighted by molar-refractivity contribution is 0.675. The molecule has 0 saturated carbocycles. The van der Waals surface area contributed by atoms with Gasteiger partial charge in [0, 0.05) is 29.5 Å². The zero-order valence-corrected chi connectivity index (χ0v) is 11.2. The Balaban J connectivity index is 2.22. The van der Waals surface area contributed by atoms with Crippen molar-refractivity contribution in [1.29, 1.82) is 0 Å². The Morgan fingerprint density at radius 1 is 1.41 bits per heavy atom. The number of thioether (sulfide) groups is 1. The SMILES string of the molecule is CCn1nc(CSCC(C)N)c2ccccc21. The molecule has 0 spiro atoms. The van der Waals surface area contributed by atoms with Gasteiger partial charge in [-0.05, 0) is 19.9 Å². The summed E-state index contributed by atoms with van der Waals surface area (Å²) in [5.41, 5.74) is 8.16. The lowest BCUT2D eigenvalue weighted by Gasteiger charge is -2.02. The molecule has 0 fully saturated rings. The first kappa shape index (κ1) is 12.5. The summed E-state index contributed by atoms with van der Waals surface area (Å²) in [6, 6.07) is 8.67. The van der Waals surface area contributed by atoms with Gasteiger partial charge in [-0.25, -0.2) is 0 Å². The zero-order valence-electron chi connectivity index (χ0n) is 10.4. The predicted molar refractivity (Wildman–Crippen MR) is 75.2 cm³/mol. The Hall–Kier alpha value is -1.00. The molecule has 0 bridgehead atoms. The third-order valence-electron chi connectivity index (χ3n) is 2.65. The number of aromatic nitrogens is 2. The van der Waals surface area contributed by atoms with E-state index in [1.807, 2.05) is 18.7 Å². The Morgan fingerprint density at radius 2 is 2.18 bits per heavy atom. The van der Waals surface area contributed by atoms with Crippen LogP contribution in [0.4, 0.5) is 0 Å². The molecule has 2 aromatic rings. The summed E-state index contributed by atoms with van der Waals surface area (Å²) in [5.74, 6) is 1.92. The summed E-state index contributed by atoms with van der Waals surface area (Å²) in [5, 5.41) is 5.93. The van der Waals surface area contributed by atoms with Crippen LogP contribution in [0, 0.1) is 0 Å². The molecule has 4 heteroatoms. The maximum atomic E-state index is 5.75. The van der Waals surface area contributed by atoms with E-state index in [9.17, 15) is 0 Å². The highest BCUT2D eigenvalue weighted by atomic mass is 32.2. The zero-order chi connectivity index (χ0) is 12.3. The van der Waals surface area contributed by atoms with Gasteiger partial charge >= 0.3 is 0 Å². The topological polar surface area (TPSA) is 43.8 Å². The Bertz CT molecular complexity index is 490. The molecule has 0 aliphatic rings. The standard InChI is InChI=1S/C13H19N3S/c1-3-16-13-7-5-4-6-11(13)12(15-16)9-17-8-10(2)14/h4-7,10H,3,8-9,14H2,1-2H3. The highest BCUT2D eigenvalue weighted by molar-refractivity contribution is 7.98. The molecule has 0 radical (unpaired) electrons. The molecule has 0 amide bonds. The molecule has 1 aromatic carbocycles. The molecule has 1 aromatic heterocycles. The molecule has 0 aliphatic heterocycles. The molecule has 1 unspecified atom stereocenters. The van der Waals surface area contributed by atoms with Crippen LogP contribution in [0.3, 0.4) is 0 Å². The van der Waals surface area contributed by atoms with Crippen molar-refractivity contribution in [3.63, 3.8) is 0 Å². The predicted octanol–water partition coefficient (Wildman–Crippen LogP) is 2.64. The Labute approximate surface area is 106 Å². The van der Waals surface area contributed by atoms with Crippen molar-refractivity contribution in [3.05, 3.63) is 30.0 Å². The molecule has 92 valence electrons. The molecule has 0 saturated heterocycles. The minimum absolute atomic E-state index is 0.250. The van der Waals surface area contributed by atoms with Gasteiger partial charge in [-0.15, -0.1) is 0 Å². The van der Waals surface area contributed by atoms with Gasteiger partial charge in [0.15, 0.2) is 0 Å². The molecular weight excluding hydrogens is 230 g/mol. The van der Waals surface area contributed by atoms with Crippen LogP contribution in [0.2, 0.25) is 0 Å². The third kappa shape index (κ3) is 2.82. The number of nitrogens with two attached hydrogens (primary N) is 1. The van der Waals surface area contributed by atoms with Gasteiger partial charge < -0.3 is 5.73 Å². The van der Waals surface area contributed by atoms with Crippen molar-refractivity contribution < 1.29 is 0 Å². The van der Waals surface area contributed by atoms with Crippen molar-refractivity contribution in [3.8, 4) is 0 Å². The van der Waals surface area contributed by atoms with Crippen LogP contribution in [-0.4, -0.2) is 21.6 Å². The Kier molecular flexibility index (Phi) is 4.07. The van der Waals surface area contributed by atoms with Crippen LogP contribution in [0.1, 0.15) is 19.5 Å². The second kappa shape index (κ2) is 5.56. The maximum absolute atomic E-state index is 5.75. The second-order valence-corrected chi connectivity index (χ2v) is 5.30. The summed E-state index contributed by atoms with van der Waals surface area (Å²) in [6.07, 6.45) is 0. The van der Waals surface area contributed by atoms with E-state index < -0.39 is 0 Å². The van der Waals surface area contributed by atoms with Crippen LogP contribution < -0.4 is 5.73 Å². The van der Waals surface area contributed by atoms with E-state index in [-0.39, 0.29) is 6.04 Å². The molecule has 17 heavy (non-hydrogen) atoms. The van der Waals surface area contributed by atoms with Gasteiger partial charge in [-0.1, -0.05) is 18.2 Å². The summed E-state index contributed by atoms with van der Waals surface area (Å²) in [6.45, 7) is 5.08. The number of hydrogen-bond donors (Lipinski definition) is 1. The number of para-hydroxylation sites is 1. The van der Waals surface area contributed by atoms with E-state index >= 15 is 0 Å². The van der Waals surface area contributed by atoms with Crippen LogP contribution in [-0.2, 0) is 12.3 Å². The van der Waals surface area contributed by atoms with E-state index in [1.54, 1.807) is 0 Å². The van der Waals surface area contributed by atoms with E-state index in [0.29, 0.717) is 0 Å². The van der Waals surface area contributed by atoms with Crippen LogP contribution in [0.15, 0.2) is 24.3 Å². The minimum atomic E-state index is 0.250. The van der Waals surface area contributed by atoms with E-state index in [1.165, 1.54) is 16.6 Å². The lowest BCUT2D eigenvalue weighted by Crippen LogP contribution is -2.17. The molecule has 2 N–H and O–H groups in total. The summed E-state index contributed by atoms with van der Waals surface area (Å²) in [4.78, 5) is 0. The molecule has 1 heterocycles.